The molecule has 3 aromatic rings. The van der Waals surface area contributed by atoms with Crippen molar-refractivity contribution in [2.45, 2.75) is 32.5 Å². The average molecular weight is 449 g/mol. The molecule has 0 radical (unpaired) electrons. The molecular weight excluding hydrogens is 423 g/mol. The van der Waals surface area contributed by atoms with Crippen LogP contribution >= 0.6 is 12.2 Å². The third-order valence-corrected chi connectivity index (χ3v) is 6.13. The van der Waals surface area contributed by atoms with Crippen molar-refractivity contribution < 1.29 is 4.39 Å². The molecule has 2 N–H and O–H groups in total. The molecule has 0 aliphatic carbocycles. The van der Waals surface area contributed by atoms with Crippen molar-refractivity contribution in [2.24, 2.45) is 0 Å². The summed E-state index contributed by atoms with van der Waals surface area (Å²) in [4.78, 5) is 14.1. The van der Waals surface area contributed by atoms with Crippen LogP contribution in [0.2, 0.25) is 0 Å². The number of benzene rings is 2. The highest BCUT2D eigenvalue weighted by molar-refractivity contribution is 7.80. The Morgan fingerprint density at radius 1 is 0.906 bits per heavy atom. The maximum absolute atomic E-state index is 13.1. The van der Waals surface area contributed by atoms with Gasteiger partial charge in [-0.05, 0) is 53.9 Å². The number of halogens is 1. The number of thiocarbonyl (C=S) groups is 1. The van der Waals surface area contributed by atoms with Gasteiger partial charge in [0.1, 0.15) is 17.5 Å². The van der Waals surface area contributed by atoms with Gasteiger partial charge in [0.15, 0.2) is 5.11 Å². The Bertz CT molecular complexity index is 1090. The summed E-state index contributed by atoms with van der Waals surface area (Å²) in [7, 11) is 0. The SMILES string of the molecule is Fc1ccc(CNC(=S)Nc2nc(N3CCCC3)cc(N3Cc4ccccc4C3)n2)cc1. The molecule has 2 aliphatic heterocycles. The highest BCUT2D eigenvalue weighted by Crippen LogP contribution is 2.30. The van der Waals surface area contributed by atoms with Gasteiger partial charge in [0.2, 0.25) is 5.95 Å². The first-order chi connectivity index (χ1) is 15.6. The van der Waals surface area contributed by atoms with Crippen LogP contribution in [0.4, 0.5) is 22.0 Å². The molecule has 0 amide bonds. The van der Waals surface area contributed by atoms with E-state index in [1.54, 1.807) is 12.1 Å². The molecular formula is C24H25FN6S. The van der Waals surface area contributed by atoms with Crippen LogP contribution in [0, 0.1) is 5.82 Å². The summed E-state index contributed by atoms with van der Waals surface area (Å²) in [6, 6.07) is 16.9. The van der Waals surface area contributed by atoms with Gasteiger partial charge in [-0.3, -0.25) is 0 Å². The van der Waals surface area contributed by atoms with E-state index in [4.69, 9.17) is 22.2 Å². The van der Waals surface area contributed by atoms with Crippen molar-refractivity contribution in [1.82, 2.24) is 15.3 Å². The summed E-state index contributed by atoms with van der Waals surface area (Å²) in [5, 5.41) is 6.73. The van der Waals surface area contributed by atoms with Crippen LogP contribution in [0.1, 0.15) is 29.5 Å². The van der Waals surface area contributed by atoms with Gasteiger partial charge in [-0.25, -0.2) is 4.39 Å². The van der Waals surface area contributed by atoms with Crippen LogP contribution in [0.3, 0.4) is 0 Å². The van der Waals surface area contributed by atoms with E-state index in [-0.39, 0.29) is 5.82 Å². The van der Waals surface area contributed by atoms with E-state index >= 15 is 0 Å². The predicted octanol–water partition coefficient (Wildman–Crippen LogP) is 4.22. The minimum Gasteiger partial charge on any atom is -0.358 e. The Balaban J connectivity index is 1.33. The van der Waals surface area contributed by atoms with E-state index in [0.29, 0.717) is 17.6 Å². The fraction of sp³-hybridized carbons (Fsp3) is 0.292. The van der Waals surface area contributed by atoms with Crippen molar-refractivity contribution in [2.75, 3.05) is 28.2 Å². The van der Waals surface area contributed by atoms with Gasteiger partial charge in [-0.15, -0.1) is 0 Å². The number of rotatable bonds is 5. The van der Waals surface area contributed by atoms with E-state index < -0.39 is 0 Å². The number of hydrogen-bond donors (Lipinski definition) is 2. The minimum atomic E-state index is -0.252. The second-order valence-corrected chi connectivity index (χ2v) is 8.57. The Hall–Kier alpha value is -3.26. The molecule has 1 saturated heterocycles. The minimum absolute atomic E-state index is 0.252. The lowest BCUT2D eigenvalue weighted by atomic mass is 10.1. The number of hydrogen-bond acceptors (Lipinski definition) is 5. The molecule has 3 heterocycles. The van der Waals surface area contributed by atoms with Crippen LogP contribution < -0.4 is 20.4 Å². The van der Waals surface area contributed by atoms with Crippen molar-refractivity contribution in [1.29, 1.82) is 0 Å². The Morgan fingerprint density at radius 3 is 2.19 bits per heavy atom. The zero-order valence-electron chi connectivity index (χ0n) is 17.7. The molecule has 0 bridgehead atoms. The van der Waals surface area contributed by atoms with Gasteiger partial charge in [0.25, 0.3) is 0 Å². The van der Waals surface area contributed by atoms with Crippen LogP contribution in [0.5, 0.6) is 0 Å². The summed E-state index contributed by atoms with van der Waals surface area (Å²) in [6.45, 7) is 4.16. The first kappa shape index (κ1) is 20.6. The monoisotopic (exact) mass is 448 g/mol. The van der Waals surface area contributed by atoms with E-state index in [1.807, 2.05) is 0 Å². The quantitative estimate of drug-likeness (QED) is 0.567. The molecule has 0 atom stereocenters. The first-order valence-electron chi connectivity index (χ1n) is 10.9. The molecule has 1 aromatic heterocycles. The molecule has 2 aliphatic rings. The normalized spacial score (nSPS) is 15.0. The lowest BCUT2D eigenvalue weighted by Crippen LogP contribution is -2.30. The number of fused-ring (bicyclic) bond motifs is 1. The molecule has 32 heavy (non-hydrogen) atoms. The van der Waals surface area contributed by atoms with Crippen LogP contribution in [0.15, 0.2) is 54.6 Å². The highest BCUT2D eigenvalue weighted by Gasteiger charge is 2.23. The van der Waals surface area contributed by atoms with Gasteiger partial charge in [0.05, 0.1) is 0 Å². The summed E-state index contributed by atoms with van der Waals surface area (Å²) in [5.74, 6) is 2.05. The summed E-state index contributed by atoms with van der Waals surface area (Å²) < 4.78 is 13.1. The zero-order chi connectivity index (χ0) is 21.9. The number of nitrogens with zero attached hydrogens (tertiary/aromatic N) is 4. The smallest absolute Gasteiger partial charge is 0.232 e. The topological polar surface area (TPSA) is 56.3 Å². The number of anilines is 3. The van der Waals surface area contributed by atoms with E-state index in [2.05, 4.69) is 50.8 Å². The lowest BCUT2D eigenvalue weighted by molar-refractivity contribution is 0.627. The average Bonchev–Trinajstić information content (AvgIpc) is 3.49. The highest BCUT2D eigenvalue weighted by atomic mass is 32.1. The summed E-state index contributed by atoms with van der Waals surface area (Å²) in [5.41, 5.74) is 3.61. The molecule has 2 aromatic carbocycles. The molecule has 6 nitrogen and oxygen atoms in total. The second kappa shape index (κ2) is 9.08. The van der Waals surface area contributed by atoms with Crippen LogP contribution in [-0.4, -0.2) is 28.2 Å². The summed E-state index contributed by atoms with van der Waals surface area (Å²) >= 11 is 5.47. The fourth-order valence-electron chi connectivity index (χ4n) is 4.17. The van der Waals surface area contributed by atoms with E-state index in [9.17, 15) is 4.39 Å². The third-order valence-electron chi connectivity index (χ3n) is 5.89. The number of aromatic nitrogens is 2. The van der Waals surface area contributed by atoms with E-state index in [0.717, 1.165) is 43.4 Å². The largest absolute Gasteiger partial charge is 0.358 e. The molecule has 0 saturated carbocycles. The lowest BCUT2D eigenvalue weighted by Gasteiger charge is -2.22. The standard InChI is InChI=1S/C24H25FN6S/c25-20-9-7-17(8-10-20)14-26-24(32)29-23-27-21(30-11-3-4-12-30)13-22(28-23)31-15-18-5-1-2-6-19(18)16-31/h1-2,5-10,13H,3-4,11-12,14-16H2,(H2,26,27,28,29,32). The van der Waals surface area contributed by atoms with Crippen LogP contribution in [0.25, 0.3) is 0 Å². The van der Waals surface area contributed by atoms with E-state index in [1.165, 1.54) is 36.1 Å². The second-order valence-electron chi connectivity index (χ2n) is 8.16. The Morgan fingerprint density at radius 2 is 1.53 bits per heavy atom. The van der Waals surface area contributed by atoms with Gasteiger partial charge < -0.3 is 20.4 Å². The molecule has 0 unspecified atom stereocenters. The van der Waals surface area contributed by atoms with Gasteiger partial charge in [0, 0.05) is 38.8 Å². The third kappa shape index (κ3) is 4.65. The summed E-state index contributed by atoms with van der Waals surface area (Å²) in [6.07, 6.45) is 2.35. The van der Waals surface area contributed by atoms with Crippen molar-refractivity contribution in [3.63, 3.8) is 0 Å². The van der Waals surface area contributed by atoms with Crippen molar-refractivity contribution in [3.8, 4) is 0 Å². The van der Waals surface area contributed by atoms with Crippen molar-refractivity contribution in [3.05, 3.63) is 77.1 Å². The number of nitrogens with one attached hydrogen (secondary N) is 2. The predicted molar refractivity (Wildman–Crippen MR) is 129 cm³/mol. The Labute approximate surface area is 192 Å². The molecule has 164 valence electrons. The maximum Gasteiger partial charge on any atom is 0.232 e. The molecule has 8 heteroatoms. The van der Waals surface area contributed by atoms with Gasteiger partial charge >= 0.3 is 0 Å². The fourth-order valence-corrected chi connectivity index (χ4v) is 4.34. The molecule has 1 fully saturated rings. The van der Waals surface area contributed by atoms with Gasteiger partial charge in [-0.2, -0.15) is 9.97 Å². The van der Waals surface area contributed by atoms with Crippen LogP contribution in [-0.2, 0) is 19.6 Å². The maximum atomic E-state index is 13.1. The molecule has 0 spiro atoms. The first-order valence-corrected chi connectivity index (χ1v) is 11.3. The zero-order valence-corrected chi connectivity index (χ0v) is 18.5. The van der Waals surface area contributed by atoms with Gasteiger partial charge in [-0.1, -0.05) is 36.4 Å². The molecule has 5 rings (SSSR count). The van der Waals surface area contributed by atoms with Crippen molar-refractivity contribution >= 4 is 34.9 Å². The Kier molecular flexibility index (Phi) is 5.85.